The van der Waals surface area contributed by atoms with Crippen molar-refractivity contribution in [3.8, 4) is 0 Å². The number of rotatable bonds is 38. The van der Waals surface area contributed by atoms with Crippen LogP contribution in [0.25, 0.3) is 0 Å². The quantitative estimate of drug-likeness (QED) is 0.0525. The molecule has 0 bridgehead atoms. The molecule has 0 aliphatic carbocycles. The van der Waals surface area contributed by atoms with Gasteiger partial charge in [0.15, 0.2) is 0 Å². The number of hydrogen-bond donors (Lipinski definition) is 1. The van der Waals surface area contributed by atoms with Crippen molar-refractivity contribution < 1.29 is 19.1 Å². The van der Waals surface area contributed by atoms with Gasteiger partial charge in [-0.2, -0.15) is 0 Å². The van der Waals surface area contributed by atoms with Crippen LogP contribution in [0.15, 0.2) is 0 Å². The molecule has 0 aromatic heterocycles. The Morgan fingerprint density at radius 2 is 0.872 bits per heavy atom. The number of carbonyl (C=O) groups excluding carboxylic acids is 2. The van der Waals surface area contributed by atoms with E-state index in [-0.39, 0.29) is 18.0 Å². The summed E-state index contributed by atoms with van der Waals surface area (Å²) in [4.78, 5) is 24.6. The van der Waals surface area contributed by atoms with Crippen LogP contribution in [-0.4, -0.2) is 37.7 Å². The van der Waals surface area contributed by atoms with Crippen LogP contribution in [0.1, 0.15) is 227 Å². The van der Waals surface area contributed by atoms with E-state index in [0.29, 0.717) is 19.4 Å². The molecule has 280 valence electrons. The van der Waals surface area contributed by atoms with E-state index in [9.17, 15) is 9.59 Å². The molecule has 0 aliphatic heterocycles. The lowest BCUT2D eigenvalue weighted by atomic mass is 9.93. The Balaban J connectivity index is 3.68. The predicted molar refractivity (Wildman–Crippen MR) is 203 cm³/mol. The van der Waals surface area contributed by atoms with E-state index < -0.39 is 0 Å². The van der Waals surface area contributed by atoms with E-state index in [1.165, 1.54) is 141 Å². The molecule has 0 heterocycles. The van der Waals surface area contributed by atoms with E-state index in [4.69, 9.17) is 9.47 Å². The van der Waals surface area contributed by atoms with Gasteiger partial charge in [0, 0.05) is 12.8 Å². The third kappa shape index (κ3) is 34.6. The molecule has 0 saturated heterocycles. The Bertz CT molecular complexity index is 633. The highest BCUT2D eigenvalue weighted by molar-refractivity contribution is 5.69. The highest BCUT2D eigenvalue weighted by Crippen LogP contribution is 2.20. The molecule has 0 saturated carbocycles. The van der Waals surface area contributed by atoms with Gasteiger partial charge in [0.1, 0.15) is 6.10 Å². The summed E-state index contributed by atoms with van der Waals surface area (Å²) in [6.45, 7) is 11.8. The summed E-state index contributed by atoms with van der Waals surface area (Å²) in [5.41, 5.74) is 0. The number of ether oxygens (including phenoxy) is 2. The zero-order valence-corrected chi connectivity index (χ0v) is 32.3. The first-order chi connectivity index (χ1) is 23.1. The number of unbranched alkanes of at least 4 members (excludes halogenated alkanes) is 18. The fourth-order valence-corrected chi connectivity index (χ4v) is 6.51. The number of esters is 2. The molecule has 1 N–H and O–H groups in total. The SMILES string of the molecule is CCCCCCCC(CCCCCCC)OC(=O)CCCCCCCNCCCCCCCC(=O)OCCC(CCCC)CCCC. The Kier molecular flexibility index (Phi) is 36.8. The summed E-state index contributed by atoms with van der Waals surface area (Å²) in [5.74, 6) is 0.751. The second-order valence-corrected chi connectivity index (χ2v) is 14.5. The van der Waals surface area contributed by atoms with E-state index in [1.807, 2.05) is 0 Å². The van der Waals surface area contributed by atoms with Crippen LogP contribution in [0, 0.1) is 5.92 Å². The largest absolute Gasteiger partial charge is 0.466 e. The Labute approximate surface area is 294 Å². The maximum absolute atomic E-state index is 12.5. The molecule has 0 aliphatic rings. The molecule has 0 rings (SSSR count). The van der Waals surface area contributed by atoms with Gasteiger partial charge in [-0.1, -0.05) is 156 Å². The van der Waals surface area contributed by atoms with Crippen molar-refractivity contribution >= 4 is 11.9 Å². The van der Waals surface area contributed by atoms with Crippen LogP contribution < -0.4 is 5.32 Å². The maximum atomic E-state index is 12.5. The van der Waals surface area contributed by atoms with E-state index in [0.717, 1.165) is 64.0 Å². The van der Waals surface area contributed by atoms with Crippen molar-refractivity contribution in [2.75, 3.05) is 19.7 Å². The van der Waals surface area contributed by atoms with Gasteiger partial charge in [0.05, 0.1) is 6.61 Å². The third-order valence-electron chi connectivity index (χ3n) is 9.75. The van der Waals surface area contributed by atoms with Crippen molar-refractivity contribution in [1.29, 1.82) is 0 Å². The van der Waals surface area contributed by atoms with Crippen molar-refractivity contribution in [1.82, 2.24) is 5.32 Å². The van der Waals surface area contributed by atoms with Gasteiger partial charge in [-0.25, -0.2) is 0 Å². The molecule has 47 heavy (non-hydrogen) atoms. The van der Waals surface area contributed by atoms with Crippen LogP contribution in [-0.2, 0) is 19.1 Å². The van der Waals surface area contributed by atoms with Crippen molar-refractivity contribution in [3.05, 3.63) is 0 Å². The first kappa shape index (κ1) is 45.9. The molecule has 0 amide bonds. The van der Waals surface area contributed by atoms with Crippen LogP contribution in [0.3, 0.4) is 0 Å². The Morgan fingerprint density at radius 1 is 0.447 bits per heavy atom. The molecule has 0 aromatic rings. The lowest BCUT2D eigenvalue weighted by Crippen LogP contribution is -2.18. The number of nitrogens with one attached hydrogen (secondary N) is 1. The minimum atomic E-state index is -0.00281. The molecule has 0 aromatic carbocycles. The maximum Gasteiger partial charge on any atom is 0.306 e. The molecule has 0 spiro atoms. The zero-order valence-electron chi connectivity index (χ0n) is 32.3. The minimum Gasteiger partial charge on any atom is -0.466 e. The summed E-state index contributed by atoms with van der Waals surface area (Å²) < 4.78 is 11.5. The van der Waals surface area contributed by atoms with E-state index in [2.05, 4.69) is 33.0 Å². The van der Waals surface area contributed by atoms with Crippen molar-refractivity contribution in [3.63, 3.8) is 0 Å². The van der Waals surface area contributed by atoms with Gasteiger partial charge >= 0.3 is 11.9 Å². The highest BCUT2D eigenvalue weighted by Gasteiger charge is 2.14. The van der Waals surface area contributed by atoms with Gasteiger partial charge in [-0.05, 0) is 76.8 Å². The average molecular weight is 666 g/mol. The lowest BCUT2D eigenvalue weighted by molar-refractivity contribution is -0.150. The fourth-order valence-electron chi connectivity index (χ4n) is 6.51. The summed E-state index contributed by atoms with van der Waals surface area (Å²) in [6, 6.07) is 0. The van der Waals surface area contributed by atoms with Crippen molar-refractivity contribution in [2.24, 2.45) is 5.92 Å². The van der Waals surface area contributed by atoms with Gasteiger partial charge in [-0.3, -0.25) is 9.59 Å². The first-order valence-corrected chi connectivity index (χ1v) is 21.1. The zero-order chi connectivity index (χ0) is 34.5. The number of carbonyl (C=O) groups is 2. The number of hydrogen-bond acceptors (Lipinski definition) is 5. The van der Waals surface area contributed by atoms with Gasteiger partial charge < -0.3 is 14.8 Å². The fraction of sp³-hybridized carbons (Fsp3) is 0.952. The first-order valence-electron chi connectivity index (χ1n) is 21.1. The molecule has 0 atom stereocenters. The second-order valence-electron chi connectivity index (χ2n) is 14.5. The Hall–Kier alpha value is -1.10. The van der Waals surface area contributed by atoms with Crippen LogP contribution >= 0.6 is 0 Å². The molecule has 0 fully saturated rings. The highest BCUT2D eigenvalue weighted by atomic mass is 16.5. The molecule has 5 nitrogen and oxygen atoms in total. The van der Waals surface area contributed by atoms with Crippen LogP contribution in [0.2, 0.25) is 0 Å². The predicted octanol–water partition coefficient (Wildman–Crippen LogP) is 12.8. The van der Waals surface area contributed by atoms with Crippen LogP contribution in [0.5, 0.6) is 0 Å². The van der Waals surface area contributed by atoms with Gasteiger partial charge in [0.25, 0.3) is 0 Å². The molecule has 0 unspecified atom stereocenters. The smallest absolute Gasteiger partial charge is 0.306 e. The minimum absolute atomic E-state index is 0.00281. The van der Waals surface area contributed by atoms with Crippen molar-refractivity contribution in [2.45, 2.75) is 233 Å². The van der Waals surface area contributed by atoms with E-state index >= 15 is 0 Å². The standard InChI is InChI=1S/C42H83NO4/c1-5-9-13-17-23-31-40(32-24-18-14-10-6-2)47-42(45)34-26-20-16-22-28-37-43-36-27-21-15-19-25-33-41(44)46-38-35-39(29-11-7-3)30-12-8-4/h39-40,43H,5-38H2,1-4H3. The average Bonchev–Trinajstić information content (AvgIpc) is 3.07. The summed E-state index contributed by atoms with van der Waals surface area (Å²) >= 11 is 0. The molecular weight excluding hydrogens is 582 g/mol. The monoisotopic (exact) mass is 666 g/mol. The van der Waals surface area contributed by atoms with Gasteiger partial charge in [0.2, 0.25) is 0 Å². The second kappa shape index (κ2) is 37.7. The lowest BCUT2D eigenvalue weighted by Gasteiger charge is -2.18. The Morgan fingerprint density at radius 3 is 1.38 bits per heavy atom. The molecular formula is C42H83NO4. The molecule has 5 heteroatoms. The third-order valence-corrected chi connectivity index (χ3v) is 9.75. The van der Waals surface area contributed by atoms with E-state index in [1.54, 1.807) is 0 Å². The molecule has 0 radical (unpaired) electrons. The van der Waals surface area contributed by atoms with Crippen LogP contribution in [0.4, 0.5) is 0 Å². The summed E-state index contributed by atoms with van der Waals surface area (Å²) in [5, 5.41) is 3.59. The summed E-state index contributed by atoms with van der Waals surface area (Å²) in [7, 11) is 0. The van der Waals surface area contributed by atoms with Gasteiger partial charge in [-0.15, -0.1) is 0 Å². The summed E-state index contributed by atoms with van der Waals surface area (Å²) in [6.07, 6.45) is 36.2. The normalized spacial score (nSPS) is 11.5. The topological polar surface area (TPSA) is 64.6 Å².